The van der Waals surface area contributed by atoms with Gasteiger partial charge in [-0.2, -0.15) is 22.3 Å². The predicted octanol–water partition coefficient (Wildman–Crippen LogP) is 3.70. The summed E-state index contributed by atoms with van der Waals surface area (Å²) in [7, 11) is 3.18. The van der Waals surface area contributed by atoms with Crippen LogP contribution in [0.4, 0.5) is 8.78 Å². The van der Waals surface area contributed by atoms with E-state index in [1.807, 2.05) is 18.2 Å². The van der Waals surface area contributed by atoms with E-state index in [1.165, 1.54) is 11.0 Å². The summed E-state index contributed by atoms with van der Waals surface area (Å²) in [6, 6.07) is 12.1. The summed E-state index contributed by atoms with van der Waals surface area (Å²) in [5.74, 6) is 6.12. The third kappa shape index (κ3) is 4.88. The van der Waals surface area contributed by atoms with Crippen LogP contribution in [0.15, 0.2) is 47.5 Å². The molecule has 6 nitrogen and oxygen atoms in total. The molecule has 0 bridgehead atoms. The van der Waals surface area contributed by atoms with Crippen molar-refractivity contribution in [3.63, 3.8) is 0 Å². The van der Waals surface area contributed by atoms with E-state index < -0.39 is 12.2 Å². The molecule has 0 aromatic heterocycles. The number of carbonyl (C=O) groups is 1. The number of hydrogen-bond acceptors (Lipinski definition) is 5. The molecule has 9 heteroatoms. The van der Waals surface area contributed by atoms with Gasteiger partial charge in [-0.15, -0.1) is 0 Å². The fourth-order valence-electron chi connectivity index (χ4n) is 4.01. The van der Waals surface area contributed by atoms with Crippen LogP contribution in [0.5, 0.6) is 5.75 Å². The number of methoxy groups -OCH3 is 1. The number of benzene rings is 2. The summed E-state index contributed by atoms with van der Waals surface area (Å²) < 4.78 is 35.6. The smallest absolute Gasteiger partial charge is 0.387 e. The number of aliphatic imine (C=N–C) groups is 1. The molecule has 2 aliphatic rings. The van der Waals surface area contributed by atoms with Crippen molar-refractivity contribution in [1.29, 1.82) is 0 Å². The zero-order valence-corrected chi connectivity index (χ0v) is 20.0. The number of carbonyl (C=O) groups excluding carboxylic acids is 1. The number of amides is 1. The Morgan fingerprint density at radius 1 is 1.24 bits per heavy atom. The van der Waals surface area contributed by atoms with Crippen LogP contribution in [0.25, 0.3) is 0 Å². The second-order valence-corrected chi connectivity index (χ2v) is 8.08. The van der Waals surface area contributed by atoms with E-state index >= 15 is 0 Å². The maximum absolute atomic E-state index is 13.5. The lowest BCUT2D eigenvalue weighted by Crippen LogP contribution is -2.41. The minimum absolute atomic E-state index is 0. The molecule has 0 spiro atoms. The number of hydrogen-bond donors (Lipinski definition) is 1. The molecular formula is C25H27F2N3O3S. The van der Waals surface area contributed by atoms with Crippen molar-refractivity contribution in [3.05, 3.63) is 64.7 Å². The molecule has 0 unspecified atom stereocenters. The number of nitrogens with two attached hydrogens (primary N) is 1. The number of likely N-dealkylation sites (N-methyl/N-ethyl adjacent to an activating group) is 1. The van der Waals surface area contributed by atoms with E-state index in [0.717, 1.165) is 18.4 Å². The highest BCUT2D eigenvalue weighted by Gasteiger charge is 2.50. The molecule has 2 aromatic rings. The highest BCUT2D eigenvalue weighted by Crippen LogP contribution is 2.48. The zero-order valence-electron chi connectivity index (χ0n) is 19.0. The first kappa shape index (κ1) is 25.5. The average Bonchev–Trinajstić information content (AvgIpc) is 3.61. The molecule has 1 saturated carbocycles. The van der Waals surface area contributed by atoms with Crippen LogP contribution in [0, 0.1) is 11.8 Å². The van der Waals surface area contributed by atoms with Gasteiger partial charge < -0.3 is 15.2 Å². The first-order valence-electron chi connectivity index (χ1n) is 10.7. The van der Waals surface area contributed by atoms with Gasteiger partial charge in [0.2, 0.25) is 0 Å². The lowest BCUT2D eigenvalue weighted by molar-refractivity contribution is -0.129. The average molecular weight is 488 g/mol. The largest absolute Gasteiger partial charge is 0.435 e. The molecule has 1 aliphatic carbocycles. The van der Waals surface area contributed by atoms with E-state index in [1.54, 1.807) is 32.4 Å². The summed E-state index contributed by atoms with van der Waals surface area (Å²) in [4.78, 5) is 19.4. The third-order valence-electron chi connectivity index (χ3n) is 5.85. The molecule has 2 aromatic carbocycles. The van der Waals surface area contributed by atoms with Gasteiger partial charge in [0.05, 0.1) is 6.61 Å². The van der Waals surface area contributed by atoms with Gasteiger partial charge in [-0.25, -0.2) is 4.99 Å². The highest BCUT2D eigenvalue weighted by atomic mass is 32.1. The summed E-state index contributed by atoms with van der Waals surface area (Å²) in [5, 5.41) is 0. The SMILES string of the molecule is COCCC#Cc1cccc([C@@]2(c3ccc(OC(F)F)c(C4CC4)c3)N=C(N)N(C)C2=O)c1.S. The monoisotopic (exact) mass is 487 g/mol. The second kappa shape index (κ2) is 10.5. The van der Waals surface area contributed by atoms with Crippen molar-refractivity contribution >= 4 is 25.4 Å². The minimum atomic E-state index is -2.93. The Labute approximate surface area is 204 Å². The molecule has 1 fully saturated rings. The maximum Gasteiger partial charge on any atom is 0.387 e. The van der Waals surface area contributed by atoms with Crippen molar-refractivity contribution in [1.82, 2.24) is 4.90 Å². The summed E-state index contributed by atoms with van der Waals surface area (Å²) in [6.07, 6.45) is 2.33. The molecule has 1 aliphatic heterocycles. The lowest BCUT2D eigenvalue weighted by atomic mass is 9.81. The van der Waals surface area contributed by atoms with Gasteiger partial charge in [0.1, 0.15) is 5.75 Å². The van der Waals surface area contributed by atoms with Crippen LogP contribution >= 0.6 is 13.5 Å². The van der Waals surface area contributed by atoms with Gasteiger partial charge in [-0.05, 0) is 59.7 Å². The normalized spacial score (nSPS) is 19.4. The van der Waals surface area contributed by atoms with Gasteiger partial charge in [0.15, 0.2) is 11.5 Å². The maximum atomic E-state index is 13.5. The Bertz CT molecular complexity index is 1160. The number of rotatable bonds is 7. The van der Waals surface area contributed by atoms with Crippen LogP contribution in [0.2, 0.25) is 0 Å². The number of guanidine groups is 1. The van der Waals surface area contributed by atoms with Gasteiger partial charge in [-0.3, -0.25) is 9.69 Å². The van der Waals surface area contributed by atoms with Crippen molar-refractivity contribution in [3.8, 4) is 17.6 Å². The topological polar surface area (TPSA) is 77.2 Å². The van der Waals surface area contributed by atoms with Crippen molar-refractivity contribution in [2.75, 3.05) is 20.8 Å². The van der Waals surface area contributed by atoms with Crippen LogP contribution in [-0.2, 0) is 15.1 Å². The molecular weight excluding hydrogens is 460 g/mol. The summed E-state index contributed by atoms with van der Waals surface area (Å²) in [6.45, 7) is -2.40. The third-order valence-corrected chi connectivity index (χ3v) is 5.85. The Balaban J connectivity index is 0.00000324. The van der Waals surface area contributed by atoms with Crippen LogP contribution in [0.1, 0.15) is 47.4 Å². The molecule has 1 atom stereocenters. The van der Waals surface area contributed by atoms with Crippen molar-refractivity contribution in [2.45, 2.75) is 37.3 Å². The van der Waals surface area contributed by atoms with E-state index in [-0.39, 0.29) is 37.0 Å². The van der Waals surface area contributed by atoms with Crippen molar-refractivity contribution in [2.24, 2.45) is 10.7 Å². The molecule has 1 amide bonds. The Kier molecular flexibility index (Phi) is 7.85. The van der Waals surface area contributed by atoms with E-state index in [4.69, 9.17) is 15.2 Å². The Hall–Kier alpha value is -3.09. The standard InChI is InChI=1S/C25H25F2N3O3.H2S/c1-30-22(31)25(29-24(30)28,18-8-5-7-16(14-18)6-3-4-13-32-2)19-11-12-21(33-23(26)27)20(15-19)17-9-10-17;/h5,7-8,11-12,14-15,17,23H,4,9-10,13H2,1-2H3,(H2,28,29);1H2/t25-;/m0./s1. The molecule has 34 heavy (non-hydrogen) atoms. The molecule has 0 radical (unpaired) electrons. The summed E-state index contributed by atoms with van der Waals surface area (Å²) >= 11 is 0. The molecule has 1 heterocycles. The Morgan fingerprint density at radius 3 is 2.59 bits per heavy atom. The zero-order chi connectivity index (χ0) is 23.6. The number of alkyl halides is 2. The van der Waals surface area contributed by atoms with Gasteiger partial charge >= 0.3 is 6.61 Å². The fourth-order valence-corrected chi connectivity index (χ4v) is 4.01. The van der Waals surface area contributed by atoms with Crippen LogP contribution in [0.3, 0.4) is 0 Å². The number of halogens is 2. The van der Waals surface area contributed by atoms with Crippen LogP contribution < -0.4 is 10.5 Å². The first-order chi connectivity index (χ1) is 15.9. The number of ether oxygens (including phenoxy) is 2. The predicted molar refractivity (Wildman–Crippen MR) is 130 cm³/mol. The molecule has 4 rings (SSSR count). The van der Waals surface area contributed by atoms with Gasteiger partial charge in [0, 0.05) is 26.1 Å². The highest BCUT2D eigenvalue weighted by molar-refractivity contribution is 7.59. The lowest BCUT2D eigenvalue weighted by Gasteiger charge is -2.27. The molecule has 2 N–H and O–H groups in total. The Morgan fingerprint density at radius 2 is 1.97 bits per heavy atom. The molecule has 180 valence electrons. The van der Waals surface area contributed by atoms with E-state index in [2.05, 4.69) is 16.8 Å². The fraction of sp³-hybridized carbons (Fsp3) is 0.360. The van der Waals surface area contributed by atoms with Gasteiger partial charge in [0.25, 0.3) is 5.91 Å². The van der Waals surface area contributed by atoms with Crippen LogP contribution in [-0.4, -0.2) is 44.1 Å². The minimum Gasteiger partial charge on any atom is -0.435 e. The van der Waals surface area contributed by atoms with E-state index in [0.29, 0.717) is 29.7 Å². The molecule has 0 saturated heterocycles. The van der Waals surface area contributed by atoms with Crippen molar-refractivity contribution < 1.29 is 23.0 Å². The first-order valence-corrected chi connectivity index (χ1v) is 10.7. The quantitative estimate of drug-likeness (QED) is 0.477. The summed E-state index contributed by atoms with van der Waals surface area (Å²) in [5.41, 5.74) is 7.15. The van der Waals surface area contributed by atoms with Gasteiger partial charge in [-0.1, -0.05) is 30.0 Å². The van der Waals surface area contributed by atoms with E-state index in [9.17, 15) is 13.6 Å². The number of nitrogens with zero attached hydrogens (tertiary/aromatic N) is 2. The second-order valence-electron chi connectivity index (χ2n) is 8.08.